The van der Waals surface area contributed by atoms with Crippen LogP contribution in [0, 0.1) is 5.92 Å². The average molecular weight is 238 g/mol. The molecule has 3 nitrogen and oxygen atoms in total. The van der Waals surface area contributed by atoms with Crippen molar-refractivity contribution < 1.29 is 14.6 Å². The second kappa shape index (κ2) is 6.50. The molecular weight excluding hydrogens is 216 g/mol. The standard InChI is InChI=1S/C14H22O3/c1-5-12(15)11-6-7-13(14(8-11)16-4)17-9-10(2)3/h6-8,10,12,15H,5,9H2,1-4H3. The van der Waals surface area contributed by atoms with Crippen LogP contribution in [-0.2, 0) is 0 Å². The molecule has 1 unspecified atom stereocenters. The van der Waals surface area contributed by atoms with E-state index in [4.69, 9.17) is 9.47 Å². The van der Waals surface area contributed by atoms with Gasteiger partial charge < -0.3 is 14.6 Å². The molecule has 0 aliphatic rings. The van der Waals surface area contributed by atoms with E-state index in [2.05, 4.69) is 13.8 Å². The zero-order chi connectivity index (χ0) is 12.8. The first kappa shape index (κ1) is 13.8. The molecule has 0 aromatic heterocycles. The Morgan fingerprint density at radius 2 is 1.94 bits per heavy atom. The Morgan fingerprint density at radius 1 is 1.24 bits per heavy atom. The topological polar surface area (TPSA) is 38.7 Å². The molecule has 0 fully saturated rings. The van der Waals surface area contributed by atoms with Crippen LogP contribution in [0.2, 0.25) is 0 Å². The van der Waals surface area contributed by atoms with Crippen LogP contribution in [0.15, 0.2) is 18.2 Å². The van der Waals surface area contributed by atoms with Gasteiger partial charge in [0.25, 0.3) is 0 Å². The first-order valence-electron chi connectivity index (χ1n) is 6.07. The summed E-state index contributed by atoms with van der Waals surface area (Å²) in [6.45, 7) is 6.80. The van der Waals surface area contributed by atoms with Crippen molar-refractivity contribution in [3.05, 3.63) is 23.8 Å². The summed E-state index contributed by atoms with van der Waals surface area (Å²) in [5.74, 6) is 1.88. The average Bonchev–Trinajstić information content (AvgIpc) is 2.34. The van der Waals surface area contributed by atoms with E-state index in [-0.39, 0.29) is 0 Å². The molecule has 17 heavy (non-hydrogen) atoms. The minimum Gasteiger partial charge on any atom is -0.493 e. The molecule has 0 saturated heterocycles. The van der Waals surface area contributed by atoms with Crippen LogP contribution in [0.1, 0.15) is 38.9 Å². The number of hydrogen-bond acceptors (Lipinski definition) is 3. The van der Waals surface area contributed by atoms with Gasteiger partial charge in [-0.1, -0.05) is 26.8 Å². The molecular formula is C14H22O3. The van der Waals surface area contributed by atoms with Crippen LogP contribution in [0.3, 0.4) is 0 Å². The highest BCUT2D eigenvalue weighted by molar-refractivity contribution is 5.43. The molecule has 0 radical (unpaired) electrons. The van der Waals surface area contributed by atoms with E-state index in [9.17, 15) is 5.11 Å². The number of hydrogen-bond donors (Lipinski definition) is 1. The molecule has 1 N–H and O–H groups in total. The van der Waals surface area contributed by atoms with Gasteiger partial charge in [0.1, 0.15) is 0 Å². The third kappa shape index (κ3) is 3.93. The Kier molecular flexibility index (Phi) is 5.29. The van der Waals surface area contributed by atoms with Gasteiger partial charge in [-0.3, -0.25) is 0 Å². The SMILES string of the molecule is CCC(O)c1ccc(OCC(C)C)c(OC)c1. The molecule has 1 atom stereocenters. The van der Waals surface area contributed by atoms with E-state index < -0.39 is 6.10 Å². The number of aliphatic hydroxyl groups excluding tert-OH is 1. The first-order chi connectivity index (χ1) is 8.08. The molecule has 0 saturated carbocycles. The highest BCUT2D eigenvalue weighted by Gasteiger charge is 2.10. The second-order valence-electron chi connectivity index (χ2n) is 4.54. The highest BCUT2D eigenvalue weighted by atomic mass is 16.5. The molecule has 0 amide bonds. The maximum atomic E-state index is 9.76. The predicted octanol–water partition coefficient (Wildman–Crippen LogP) is 3.17. The smallest absolute Gasteiger partial charge is 0.161 e. The van der Waals surface area contributed by atoms with Gasteiger partial charge in [0, 0.05) is 0 Å². The Balaban J connectivity index is 2.85. The van der Waals surface area contributed by atoms with Gasteiger partial charge in [0.15, 0.2) is 11.5 Å². The number of rotatable bonds is 6. The van der Waals surface area contributed by atoms with E-state index in [1.54, 1.807) is 7.11 Å². The fraction of sp³-hybridized carbons (Fsp3) is 0.571. The summed E-state index contributed by atoms with van der Waals surface area (Å²) in [6.07, 6.45) is 0.248. The van der Waals surface area contributed by atoms with E-state index in [0.29, 0.717) is 24.7 Å². The number of ether oxygens (including phenoxy) is 2. The van der Waals surface area contributed by atoms with Gasteiger partial charge >= 0.3 is 0 Å². The van der Waals surface area contributed by atoms with Gasteiger partial charge in [-0.2, -0.15) is 0 Å². The van der Waals surface area contributed by atoms with Crippen LogP contribution in [0.25, 0.3) is 0 Å². The molecule has 0 bridgehead atoms. The maximum absolute atomic E-state index is 9.76. The monoisotopic (exact) mass is 238 g/mol. The maximum Gasteiger partial charge on any atom is 0.161 e. The van der Waals surface area contributed by atoms with Gasteiger partial charge in [0.05, 0.1) is 19.8 Å². The molecule has 0 aliphatic heterocycles. The normalized spacial score (nSPS) is 12.6. The molecule has 96 valence electrons. The van der Waals surface area contributed by atoms with E-state index in [1.165, 1.54) is 0 Å². The van der Waals surface area contributed by atoms with Gasteiger partial charge in [-0.05, 0) is 30.0 Å². The quantitative estimate of drug-likeness (QED) is 0.827. The Bertz CT molecular complexity index is 347. The van der Waals surface area contributed by atoms with Crippen molar-refractivity contribution in [3.63, 3.8) is 0 Å². The molecule has 1 aromatic rings. The lowest BCUT2D eigenvalue weighted by atomic mass is 10.1. The Labute approximate surface area is 103 Å². The van der Waals surface area contributed by atoms with Crippen LogP contribution in [0.4, 0.5) is 0 Å². The molecule has 0 aliphatic carbocycles. The minimum absolute atomic E-state index is 0.442. The minimum atomic E-state index is -0.442. The highest BCUT2D eigenvalue weighted by Crippen LogP contribution is 2.31. The summed E-state index contributed by atoms with van der Waals surface area (Å²) in [6, 6.07) is 5.58. The van der Waals surface area contributed by atoms with Crippen molar-refractivity contribution in [1.29, 1.82) is 0 Å². The first-order valence-corrected chi connectivity index (χ1v) is 6.07. The fourth-order valence-electron chi connectivity index (χ4n) is 1.50. The van der Waals surface area contributed by atoms with Gasteiger partial charge in [0.2, 0.25) is 0 Å². The lowest BCUT2D eigenvalue weighted by Crippen LogP contribution is -2.06. The van der Waals surface area contributed by atoms with Crippen molar-refractivity contribution in [1.82, 2.24) is 0 Å². The zero-order valence-electron chi connectivity index (χ0n) is 11.1. The van der Waals surface area contributed by atoms with Crippen LogP contribution in [0.5, 0.6) is 11.5 Å². The van der Waals surface area contributed by atoms with Crippen molar-refractivity contribution in [2.24, 2.45) is 5.92 Å². The summed E-state index contributed by atoms with van der Waals surface area (Å²) in [4.78, 5) is 0. The lowest BCUT2D eigenvalue weighted by Gasteiger charge is -2.15. The van der Waals surface area contributed by atoms with Crippen LogP contribution in [-0.4, -0.2) is 18.8 Å². The largest absolute Gasteiger partial charge is 0.493 e. The Hall–Kier alpha value is -1.22. The van der Waals surface area contributed by atoms with Crippen molar-refractivity contribution in [2.45, 2.75) is 33.3 Å². The number of aliphatic hydroxyl groups is 1. The third-order valence-corrected chi connectivity index (χ3v) is 2.53. The molecule has 0 heterocycles. The second-order valence-corrected chi connectivity index (χ2v) is 4.54. The summed E-state index contributed by atoms with van der Waals surface area (Å²) in [7, 11) is 1.61. The summed E-state index contributed by atoms with van der Waals surface area (Å²) in [5.41, 5.74) is 0.862. The lowest BCUT2D eigenvalue weighted by molar-refractivity contribution is 0.173. The van der Waals surface area contributed by atoms with E-state index >= 15 is 0 Å². The predicted molar refractivity (Wildman–Crippen MR) is 68.6 cm³/mol. The van der Waals surface area contributed by atoms with Gasteiger partial charge in [-0.25, -0.2) is 0 Å². The summed E-state index contributed by atoms with van der Waals surface area (Å²) in [5, 5.41) is 9.76. The summed E-state index contributed by atoms with van der Waals surface area (Å²) < 4.78 is 10.9. The molecule has 0 spiro atoms. The molecule has 1 rings (SSSR count). The third-order valence-electron chi connectivity index (χ3n) is 2.53. The van der Waals surface area contributed by atoms with E-state index in [1.807, 2.05) is 25.1 Å². The van der Waals surface area contributed by atoms with Gasteiger partial charge in [-0.15, -0.1) is 0 Å². The number of methoxy groups -OCH3 is 1. The summed E-state index contributed by atoms with van der Waals surface area (Å²) >= 11 is 0. The van der Waals surface area contributed by atoms with Crippen molar-refractivity contribution in [3.8, 4) is 11.5 Å². The Morgan fingerprint density at radius 3 is 2.47 bits per heavy atom. The number of benzene rings is 1. The van der Waals surface area contributed by atoms with Crippen molar-refractivity contribution in [2.75, 3.05) is 13.7 Å². The van der Waals surface area contributed by atoms with Crippen LogP contribution >= 0.6 is 0 Å². The van der Waals surface area contributed by atoms with E-state index in [0.717, 1.165) is 11.3 Å². The zero-order valence-corrected chi connectivity index (χ0v) is 11.1. The van der Waals surface area contributed by atoms with Crippen LogP contribution < -0.4 is 9.47 Å². The van der Waals surface area contributed by atoms with Crippen molar-refractivity contribution >= 4 is 0 Å². The molecule has 3 heteroatoms. The fourth-order valence-corrected chi connectivity index (χ4v) is 1.50. The molecule has 1 aromatic carbocycles.